The second kappa shape index (κ2) is 8.46. The molecule has 5 nitrogen and oxygen atoms in total. The SMILES string of the molecule is CN(c1cccc(C(=O)NCc2ccc(Cl)cc2)c1)S(=O)(=O)c1ccccc1. The van der Waals surface area contributed by atoms with Crippen molar-refractivity contribution in [2.24, 2.45) is 0 Å². The molecule has 0 atom stereocenters. The molecule has 0 saturated heterocycles. The van der Waals surface area contributed by atoms with Crippen molar-refractivity contribution in [2.75, 3.05) is 11.4 Å². The molecular weight excluding hydrogens is 396 g/mol. The van der Waals surface area contributed by atoms with E-state index in [9.17, 15) is 13.2 Å². The molecule has 0 saturated carbocycles. The second-order valence-corrected chi connectivity index (χ2v) is 8.55. The smallest absolute Gasteiger partial charge is 0.264 e. The summed E-state index contributed by atoms with van der Waals surface area (Å²) in [6.07, 6.45) is 0. The predicted molar refractivity (Wildman–Crippen MR) is 111 cm³/mol. The lowest BCUT2D eigenvalue weighted by Gasteiger charge is -2.20. The van der Waals surface area contributed by atoms with Crippen LogP contribution in [0.5, 0.6) is 0 Å². The van der Waals surface area contributed by atoms with Crippen molar-refractivity contribution in [3.63, 3.8) is 0 Å². The molecule has 0 radical (unpaired) electrons. The molecule has 1 N–H and O–H groups in total. The van der Waals surface area contributed by atoms with Crippen LogP contribution in [0.25, 0.3) is 0 Å². The quantitative estimate of drug-likeness (QED) is 0.660. The van der Waals surface area contributed by atoms with Crippen molar-refractivity contribution < 1.29 is 13.2 Å². The van der Waals surface area contributed by atoms with E-state index in [0.29, 0.717) is 22.8 Å². The monoisotopic (exact) mass is 414 g/mol. The number of anilines is 1. The topological polar surface area (TPSA) is 66.5 Å². The Morgan fingerprint density at radius 2 is 1.64 bits per heavy atom. The first-order chi connectivity index (χ1) is 13.4. The summed E-state index contributed by atoms with van der Waals surface area (Å²) < 4.78 is 26.7. The third-order valence-electron chi connectivity index (χ3n) is 4.24. The zero-order valence-corrected chi connectivity index (χ0v) is 16.7. The van der Waals surface area contributed by atoms with Gasteiger partial charge in [0, 0.05) is 24.2 Å². The Balaban J connectivity index is 1.76. The van der Waals surface area contributed by atoms with Gasteiger partial charge < -0.3 is 5.32 Å². The van der Waals surface area contributed by atoms with Crippen molar-refractivity contribution in [2.45, 2.75) is 11.4 Å². The van der Waals surface area contributed by atoms with E-state index < -0.39 is 10.0 Å². The van der Waals surface area contributed by atoms with Crippen molar-refractivity contribution in [1.29, 1.82) is 0 Å². The molecule has 3 aromatic rings. The van der Waals surface area contributed by atoms with E-state index in [1.54, 1.807) is 54.6 Å². The summed E-state index contributed by atoms with van der Waals surface area (Å²) >= 11 is 5.86. The average molecular weight is 415 g/mol. The van der Waals surface area contributed by atoms with Crippen LogP contribution in [0.4, 0.5) is 5.69 Å². The van der Waals surface area contributed by atoms with Crippen LogP contribution in [-0.4, -0.2) is 21.4 Å². The van der Waals surface area contributed by atoms with E-state index in [2.05, 4.69) is 5.32 Å². The van der Waals surface area contributed by atoms with Crippen molar-refractivity contribution in [1.82, 2.24) is 5.32 Å². The number of carbonyl (C=O) groups is 1. The molecule has 0 aromatic heterocycles. The van der Waals surface area contributed by atoms with E-state index >= 15 is 0 Å². The van der Waals surface area contributed by atoms with Gasteiger partial charge >= 0.3 is 0 Å². The molecule has 1 amide bonds. The number of nitrogens with zero attached hydrogens (tertiary/aromatic N) is 1. The van der Waals surface area contributed by atoms with E-state index in [4.69, 9.17) is 11.6 Å². The van der Waals surface area contributed by atoms with Crippen molar-refractivity contribution in [3.8, 4) is 0 Å². The molecule has 0 spiro atoms. The number of rotatable bonds is 6. The Bertz CT molecular complexity index is 1070. The highest BCUT2D eigenvalue weighted by Gasteiger charge is 2.21. The fourth-order valence-corrected chi connectivity index (χ4v) is 3.95. The second-order valence-electron chi connectivity index (χ2n) is 6.15. The van der Waals surface area contributed by atoms with Gasteiger partial charge in [0.15, 0.2) is 0 Å². The van der Waals surface area contributed by atoms with Crippen molar-refractivity contribution >= 4 is 33.2 Å². The van der Waals surface area contributed by atoms with Gasteiger partial charge in [-0.3, -0.25) is 9.10 Å². The molecular formula is C21H19ClN2O3S. The standard InChI is InChI=1S/C21H19ClN2O3S/c1-24(28(26,27)20-8-3-2-4-9-20)19-7-5-6-17(14-19)21(25)23-15-16-10-12-18(22)13-11-16/h2-14H,15H2,1H3,(H,23,25). The van der Waals surface area contributed by atoms with Gasteiger partial charge in [0.1, 0.15) is 0 Å². The molecule has 0 aliphatic carbocycles. The number of sulfonamides is 1. The lowest BCUT2D eigenvalue weighted by atomic mass is 10.1. The van der Waals surface area contributed by atoms with Crippen LogP contribution in [0, 0.1) is 0 Å². The molecule has 3 aromatic carbocycles. The summed E-state index contributed by atoms with van der Waals surface area (Å²) in [6, 6.07) is 21.8. The predicted octanol–water partition coefficient (Wildman–Crippen LogP) is 4.10. The van der Waals surface area contributed by atoms with Crippen LogP contribution in [0.15, 0.2) is 83.8 Å². The maximum absolute atomic E-state index is 12.8. The minimum atomic E-state index is -3.70. The molecule has 0 unspecified atom stereocenters. The van der Waals surface area contributed by atoms with Gasteiger partial charge in [0.25, 0.3) is 15.9 Å². The molecule has 3 rings (SSSR count). The van der Waals surface area contributed by atoms with Gasteiger partial charge in [0.2, 0.25) is 0 Å². The van der Waals surface area contributed by atoms with Gasteiger partial charge in [-0.25, -0.2) is 8.42 Å². The highest BCUT2D eigenvalue weighted by atomic mass is 35.5. The molecule has 0 aliphatic rings. The highest BCUT2D eigenvalue weighted by molar-refractivity contribution is 7.92. The average Bonchev–Trinajstić information content (AvgIpc) is 2.73. The zero-order chi connectivity index (χ0) is 20.1. The molecule has 0 heterocycles. The summed E-state index contributed by atoms with van der Waals surface area (Å²) in [6.45, 7) is 0.346. The third-order valence-corrected chi connectivity index (χ3v) is 6.29. The number of hydrogen-bond acceptors (Lipinski definition) is 3. The maximum Gasteiger partial charge on any atom is 0.264 e. The van der Waals surface area contributed by atoms with Gasteiger partial charge in [-0.15, -0.1) is 0 Å². The van der Waals surface area contributed by atoms with Gasteiger partial charge in [-0.2, -0.15) is 0 Å². The maximum atomic E-state index is 12.8. The number of halogens is 1. The summed E-state index contributed by atoms with van der Waals surface area (Å²) in [4.78, 5) is 12.7. The minimum absolute atomic E-state index is 0.190. The first-order valence-corrected chi connectivity index (χ1v) is 10.4. The van der Waals surface area contributed by atoms with Crippen molar-refractivity contribution in [3.05, 3.63) is 95.0 Å². The fourth-order valence-electron chi connectivity index (χ4n) is 2.62. The third kappa shape index (κ3) is 4.52. The lowest BCUT2D eigenvalue weighted by molar-refractivity contribution is 0.0951. The largest absolute Gasteiger partial charge is 0.348 e. The number of amides is 1. The Kier molecular flexibility index (Phi) is 6.02. The summed E-state index contributed by atoms with van der Waals surface area (Å²) in [5, 5.41) is 3.45. The van der Waals surface area contributed by atoms with Crippen LogP contribution in [0.1, 0.15) is 15.9 Å². The lowest BCUT2D eigenvalue weighted by Crippen LogP contribution is -2.27. The minimum Gasteiger partial charge on any atom is -0.348 e. The summed E-state index contributed by atoms with van der Waals surface area (Å²) in [5.74, 6) is -0.290. The van der Waals surface area contributed by atoms with Crippen LogP contribution in [-0.2, 0) is 16.6 Å². The van der Waals surface area contributed by atoms with E-state index in [-0.39, 0.29) is 10.8 Å². The zero-order valence-electron chi connectivity index (χ0n) is 15.2. The molecule has 144 valence electrons. The Labute approximate surface area is 169 Å². The number of carbonyl (C=O) groups excluding carboxylic acids is 1. The highest BCUT2D eigenvalue weighted by Crippen LogP contribution is 2.23. The first-order valence-electron chi connectivity index (χ1n) is 8.54. The molecule has 0 bridgehead atoms. The number of benzene rings is 3. The molecule has 7 heteroatoms. The number of hydrogen-bond donors (Lipinski definition) is 1. The summed E-state index contributed by atoms with van der Waals surface area (Å²) in [5.41, 5.74) is 1.70. The van der Waals surface area contributed by atoms with Gasteiger partial charge in [0.05, 0.1) is 10.6 Å². The van der Waals surface area contributed by atoms with Crippen LogP contribution in [0.2, 0.25) is 5.02 Å². The van der Waals surface area contributed by atoms with E-state index in [1.165, 1.54) is 19.2 Å². The fraction of sp³-hybridized carbons (Fsp3) is 0.0952. The molecule has 0 aliphatic heterocycles. The number of nitrogens with one attached hydrogen (secondary N) is 1. The van der Waals surface area contributed by atoms with E-state index in [0.717, 1.165) is 9.87 Å². The Morgan fingerprint density at radius 3 is 2.32 bits per heavy atom. The Morgan fingerprint density at radius 1 is 0.964 bits per heavy atom. The normalized spacial score (nSPS) is 11.1. The van der Waals surface area contributed by atoms with Crippen LogP contribution in [0.3, 0.4) is 0 Å². The van der Waals surface area contributed by atoms with Crippen LogP contribution >= 0.6 is 11.6 Å². The van der Waals surface area contributed by atoms with Gasteiger partial charge in [-0.1, -0.05) is 48.0 Å². The van der Waals surface area contributed by atoms with E-state index in [1.807, 2.05) is 12.1 Å². The first kappa shape index (κ1) is 19.9. The Hall–Kier alpha value is -2.83. The summed E-state index contributed by atoms with van der Waals surface area (Å²) in [7, 11) is -2.24. The molecule has 0 fully saturated rings. The molecule has 28 heavy (non-hydrogen) atoms. The van der Waals surface area contributed by atoms with Gasteiger partial charge in [-0.05, 0) is 48.0 Å². The van der Waals surface area contributed by atoms with Crippen LogP contribution < -0.4 is 9.62 Å².